The lowest BCUT2D eigenvalue weighted by atomic mass is 10.2. The van der Waals surface area contributed by atoms with Crippen molar-refractivity contribution in [2.45, 2.75) is 32.6 Å². The van der Waals surface area contributed by atoms with Crippen molar-refractivity contribution >= 4 is 11.9 Å². The smallest absolute Gasteiger partial charge is 0.333 e. The third-order valence-corrected chi connectivity index (χ3v) is 2.57. The highest BCUT2D eigenvalue weighted by molar-refractivity contribution is 5.90. The SMILES string of the molecule is CCCCCC(=O)N(C)OC(=O)c1ccccc1. The van der Waals surface area contributed by atoms with Crippen LogP contribution in [0.25, 0.3) is 0 Å². The maximum atomic E-state index is 11.7. The molecule has 1 rings (SSSR count). The number of amides is 1. The van der Waals surface area contributed by atoms with Crippen molar-refractivity contribution in [2.75, 3.05) is 7.05 Å². The average Bonchev–Trinajstić information content (AvgIpc) is 2.39. The van der Waals surface area contributed by atoms with Gasteiger partial charge in [0.15, 0.2) is 0 Å². The van der Waals surface area contributed by atoms with E-state index in [2.05, 4.69) is 6.92 Å². The fourth-order valence-electron chi connectivity index (χ4n) is 1.49. The number of benzene rings is 1. The highest BCUT2D eigenvalue weighted by Gasteiger charge is 2.14. The fraction of sp³-hybridized carbons (Fsp3) is 0.429. The van der Waals surface area contributed by atoms with Crippen LogP contribution in [0, 0.1) is 0 Å². The molecule has 0 bridgehead atoms. The third-order valence-electron chi connectivity index (χ3n) is 2.57. The molecular weight excluding hydrogens is 230 g/mol. The molecule has 0 aliphatic carbocycles. The van der Waals surface area contributed by atoms with E-state index in [0.29, 0.717) is 12.0 Å². The number of hydroxylamine groups is 2. The van der Waals surface area contributed by atoms with Crippen LogP contribution in [0.5, 0.6) is 0 Å². The maximum absolute atomic E-state index is 11.7. The topological polar surface area (TPSA) is 46.6 Å². The number of carbonyl (C=O) groups is 2. The molecule has 0 aliphatic heterocycles. The van der Waals surface area contributed by atoms with E-state index >= 15 is 0 Å². The quantitative estimate of drug-likeness (QED) is 0.595. The maximum Gasteiger partial charge on any atom is 0.363 e. The van der Waals surface area contributed by atoms with Gasteiger partial charge in [-0.05, 0) is 18.6 Å². The summed E-state index contributed by atoms with van der Waals surface area (Å²) in [4.78, 5) is 28.3. The van der Waals surface area contributed by atoms with Gasteiger partial charge in [-0.15, -0.1) is 0 Å². The second-order valence-electron chi connectivity index (χ2n) is 4.09. The lowest BCUT2D eigenvalue weighted by molar-refractivity contribution is -0.161. The lowest BCUT2D eigenvalue weighted by Crippen LogP contribution is -2.29. The number of rotatable bonds is 5. The second kappa shape index (κ2) is 7.48. The van der Waals surface area contributed by atoms with Crippen molar-refractivity contribution in [3.05, 3.63) is 35.9 Å². The normalized spacial score (nSPS) is 9.89. The van der Waals surface area contributed by atoms with E-state index < -0.39 is 5.97 Å². The average molecular weight is 249 g/mol. The fourth-order valence-corrected chi connectivity index (χ4v) is 1.49. The van der Waals surface area contributed by atoms with Crippen molar-refractivity contribution in [3.63, 3.8) is 0 Å². The van der Waals surface area contributed by atoms with Crippen molar-refractivity contribution in [1.29, 1.82) is 0 Å². The Balaban J connectivity index is 2.42. The molecule has 0 fully saturated rings. The molecule has 0 radical (unpaired) electrons. The van der Waals surface area contributed by atoms with E-state index in [1.807, 2.05) is 6.07 Å². The predicted octanol–water partition coefficient (Wildman–Crippen LogP) is 2.80. The number of unbranched alkanes of at least 4 members (excludes halogenated alkanes) is 2. The van der Waals surface area contributed by atoms with E-state index in [9.17, 15) is 9.59 Å². The van der Waals surface area contributed by atoms with Gasteiger partial charge in [0.2, 0.25) is 0 Å². The molecule has 0 aliphatic rings. The standard InChI is InChI=1S/C14H19NO3/c1-3-4-6-11-13(16)15(2)18-14(17)12-9-7-5-8-10-12/h5,7-10H,3-4,6,11H2,1-2H3. The van der Waals surface area contributed by atoms with Crippen LogP contribution in [-0.2, 0) is 9.63 Å². The van der Waals surface area contributed by atoms with Gasteiger partial charge in [0, 0.05) is 13.5 Å². The summed E-state index contributed by atoms with van der Waals surface area (Å²) in [5.74, 6) is -0.685. The number of carbonyl (C=O) groups excluding carboxylic acids is 2. The van der Waals surface area contributed by atoms with Crippen LogP contribution in [0.15, 0.2) is 30.3 Å². The first kappa shape index (κ1) is 14.2. The molecule has 0 aromatic heterocycles. The number of nitrogens with zero attached hydrogens (tertiary/aromatic N) is 1. The Morgan fingerprint density at radius 1 is 1.17 bits per heavy atom. The molecule has 0 spiro atoms. The number of hydrogen-bond donors (Lipinski definition) is 0. The largest absolute Gasteiger partial charge is 0.363 e. The molecule has 0 atom stereocenters. The molecule has 0 saturated carbocycles. The molecule has 1 aromatic carbocycles. The molecule has 18 heavy (non-hydrogen) atoms. The summed E-state index contributed by atoms with van der Waals surface area (Å²) >= 11 is 0. The van der Waals surface area contributed by atoms with Crippen molar-refractivity contribution in [2.24, 2.45) is 0 Å². The van der Waals surface area contributed by atoms with Crippen LogP contribution in [-0.4, -0.2) is 24.0 Å². The van der Waals surface area contributed by atoms with Crippen molar-refractivity contribution in [3.8, 4) is 0 Å². The van der Waals surface area contributed by atoms with Crippen molar-refractivity contribution in [1.82, 2.24) is 5.06 Å². The van der Waals surface area contributed by atoms with E-state index in [1.54, 1.807) is 24.3 Å². The summed E-state index contributed by atoms with van der Waals surface area (Å²) in [7, 11) is 1.47. The van der Waals surface area contributed by atoms with Gasteiger partial charge in [-0.1, -0.05) is 38.0 Å². The van der Waals surface area contributed by atoms with Crippen LogP contribution >= 0.6 is 0 Å². The zero-order valence-corrected chi connectivity index (χ0v) is 10.9. The van der Waals surface area contributed by atoms with Gasteiger partial charge >= 0.3 is 5.97 Å². The Hall–Kier alpha value is -1.84. The van der Waals surface area contributed by atoms with E-state index in [-0.39, 0.29) is 5.91 Å². The van der Waals surface area contributed by atoms with E-state index in [1.165, 1.54) is 7.05 Å². The third kappa shape index (κ3) is 4.57. The van der Waals surface area contributed by atoms with E-state index in [4.69, 9.17) is 4.84 Å². The van der Waals surface area contributed by atoms with E-state index in [0.717, 1.165) is 24.3 Å². The molecular formula is C14H19NO3. The predicted molar refractivity (Wildman–Crippen MR) is 68.8 cm³/mol. The minimum absolute atomic E-state index is 0.173. The summed E-state index contributed by atoms with van der Waals surface area (Å²) in [5, 5.41) is 1.02. The van der Waals surface area contributed by atoms with Crippen LogP contribution in [0.2, 0.25) is 0 Å². The first-order valence-electron chi connectivity index (χ1n) is 6.19. The van der Waals surface area contributed by atoms with Crippen LogP contribution < -0.4 is 0 Å². The van der Waals surface area contributed by atoms with Gasteiger partial charge in [-0.2, -0.15) is 5.06 Å². The van der Waals surface area contributed by atoms with Gasteiger partial charge in [0.25, 0.3) is 5.91 Å². The summed E-state index contributed by atoms with van der Waals surface area (Å²) in [6, 6.07) is 8.62. The summed E-state index contributed by atoms with van der Waals surface area (Å²) in [6.45, 7) is 2.07. The molecule has 1 amide bonds. The highest BCUT2D eigenvalue weighted by atomic mass is 16.7. The highest BCUT2D eigenvalue weighted by Crippen LogP contribution is 2.06. The Labute approximate surface area is 108 Å². The molecule has 0 heterocycles. The minimum atomic E-state index is -0.512. The summed E-state index contributed by atoms with van der Waals surface area (Å²) < 4.78 is 0. The van der Waals surface area contributed by atoms with Crippen LogP contribution in [0.3, 0.4) is 0 Å². The van der Waals surface area contributed by atoms with Gasteiger partial charge in [0.05, 0.1) is 5.56 Å². The Morgan fingerprint density at radius 3 is 2.44 bits per heavy atom. The molecule has 1 aromatic rings. The zero-order valence-electron chi connectivity index (χ0n) is 10.9. The Morgan fingerprint density at radius 2 is 1.83 bits per heavy atom. The first-order valence-corrected chi connectivity index (χ1v) is 6.19. The molecule has 4 nitrogen and oxygen atoms in total. The Bertz CT molecular complexity index is 389. The molecule has 0 N–H and O–H groups in total. The van der Waals surface area contributed by atoms with Gasteiger partial charge in [0.1, 0.15) is 0 Å². The van der Waals surface area contributed by atoms with Gasteiger partial charge in [-0.3, -0.25) is 4.79 Å². The van der Waals surface area contributed by atoms with Crippen molar-refractivity contribution < 1.29 is 14.4 Å². The molecule has 4 heteroatoms. The zero-order chi connectivity index (χ0) is 13.4. The van der Waals surface area contributed by atoms with Crippen LogP contribution in [0.1, 0.15) is 43.0 Å². The molecule has 0 unspecified atom stereocenters. The Kier molecular flexibility index (Phi) is 5.91. The van der Waals surface area contributed by atoms with Crippen LogP contribution in [0.4, 0.5) is 0 Å². The van der Waals surface area contributed by atoms with Gasteiger partial charge in [-0.25, -0.2) is 4.79 Å². The molecule has 0 saturated heterocycles. The lowest BCUT2D eigenvalue weighted by Gasteiger charge is -2.15. The summed E-state index contributed by atoms with van der Waals surface area (Å²) in [6.07, 6.45) is 3.29. The first-order chi connectivity index (χ1) is 8.65. The molecule has 98 valence electrons. The van der Waals surface area contributed by atoms with Gasteiger partial charge < -0.3 is 4.84 Å². The second-order valence-corrected chi connectivity index (χ2v) is 4.09. The number of hydrogen-bond acceptors (Lipinski definition) is 3. The summed E-state index contributed by atoms with van der Waals surface area (Å²) in [5.41, 5.74) is 0.436. The monoisotopic (exact) mass is 249 g/mol. The minimum Gasteiger partial charge on any atom is -0.333 e.